The highest BCUT2D eigenvalue weighted by atomic mass is 35.5. The molecule has 0 spiro atoms. The fourth-order valence-corrected chi connectivity index (χ4v) is 2.26. The summed E-state index contributed by atoms with van der Waals surface area (Å²) in [5.74, 6) is 1.28. The first-order valence-corrected chi connectivity index (χ1v) is 6.32. The van der Waals surface area contributed by atoms with E-state index in [2.05, 4.69) is 20.6 Å². The molecule has 1 aromatic carbocycles. The molecule has 3 nitrogen and oxygen atoms in total. The fraction of sp³-hybridized carbons (Fsp3) is 0.143. The van der Waals surface area contributed by atoms with E-state index in [1.165, 1.54) is 0 Å². The molecule has 0 radical (unpaired) electrons. The lowest BCUT2D eigenvalue weighted by Crippen LogP contribution is -2.05. The number of fused-ring (bicyclic) bond motifs is 1. The van der Waals surface area contributed by atoms with Gasteiger partial charge in [0, 0.05) is 6.20 Å². The van der Waals surface area contributed by atoms with Crippen molar-refractivity contribution < 1.29 is 0 Å². The number of hydrogen-bond acceptors (Lipinski definition) is 2. The maximum Gasteiger partial charge on any atom is 0.125 e. The second-order valence-electron chi connectivity index (χ2n) is 4.06. The molecule has 18 heavy (non-hydrogen) atoms. The minimum atomic E-state index is 0.404. The van der Waals surface area contributed by atoms with Gasteiger partial charge < -0.3 is 4.57 Å². The zero-order valence-electron chi connectivity index (χ0n) is 9.75. The molecule has 0 atom stereocenters. The number of para-hydroxylation sites is 2. The predicted molar refractivity (Wildman–Crippen MR) is 72.6 cm³/mol. The Bertz CT molecular complexity index is 661. The lowest BCUT2D eigenvalue weighted by atomic mass is 10.3. The van der Waals surface area contributed by atoms with Gasteiger partial charge in [0.2, 0.25) is 0 Å². The van der Waals surface area contributed by atoms with Crippen molar-refractivity contribution in [3.63, 3.8) is 0 Å². The highest BCUT2D eigenvalue weighted by molar-refractivity contribution is 6.16. The van der Waals surface area contributed by atoms with Gasteiger partial charge in [-0.25, -0.2) is 4.98 Å². The van der Waals surface area contributed by atoms with E-state index in [0.717, 1.165) is 22.6 Å². The number of rotatable bonds is 3. The first-order chi connectivity index (χ1) is 8.88. The number of hydrogen-bond donors (Lipinski definition) is 0. The molecule has 2 heterocycles. The molecule has 0 N–H and O–H groups in total. The fourth-order valence-electron chi connectivity index (χ4n) is 2.06. The van der Waals surface area contributed by atoms with Gasteiger partial charge in [-0.1, -0.05) is 18.2 Å². The van der Waals surface area contributed by atoms with E-state index in [-0.39, 0.29) is 0 Å². The summed E-state index contributed by atoms with van der Waals surface area (Å²) in [6, 6.07) is 14.0. The van der Waals surface area contributed by atoms with Crippen LogP contribution in [0.15, 0.2) is 48.7 Å². The molecule has 0 unspecified atom stereocenters. The molecular formula is C14H12ClN3. The number of aromatic nitrogens is 3. The molecular weight excluding hydrogens is 246 g/mol. The number of pyridine rings is 1. The SMILES string of the molecule is ClCc1nc2ccccc2n1Cc1ccccn1. The van der Waals surface area contributed by atoms with Gasteiger partial charge >= 0.3 is 0 Å². The average molecular weight is 258 g/mol. The third kappa shape index (κ3) is 1.97. The van der Waals surface area contributed by atoms with Crippen molar-refractivity contribution in [2.45, 2.75) is 12.4 Å². The van der Waals surface area contributed by atoms with Crippen LogP contribution in [0.1, 0.15) is 11.5 Å². The van der Waals surface area contributed by atoms with Crippen LogP contribution in [0.25, 0.3) is 11.0 Å². The molecule has 0 amide bonds. The second-order valence-corrected chi connectivity index (χ2v) is 4.32. The summed E-state index contributed by atoms with van der Waals surface area (Å²) in [5, 5.41) is 0. The third-order valence-corrected chi connectivity index (χ3v) is 3.14. The molecule has 0 aliphatic heterocycles. The summed E-state index contributed by atoms with van der Waals surface area (Å²) < 4.78 is 2.12. The van der Waals surface area contributed by atoms with Crippen LogP contribution in [-0.2, 0) is 12.4 Å². The molecule has 90 valence electrons. The first-order valence-electron chi connectivity index (χ1n) is 5.78. The normalized spacial score (nSPS) is 10.9. The zero-order valence-corrected chi connectivity index (χ0v) is 10.5. The summed E-state index contributed by atoms with van der Waals surface area (Å²) in [5.41, 5.74) is 3.08. The molecule has 4 heteroatoms. The first kappa shape index (κ1) is 11.2. The van der Waals surface area contributed by atoms with Crippen LogP contribution in [-0.4, -0.2) is 14.5 Å². The maximum absolute atomic E-state index is 5.97. The standard InChI is InChI=1S/C14H12ClN3/c15-9-14-17-12-6-1-2-7-13(12)18(14)10-11-5-3-4-8-16-11/h1-8H,9-10H2. The third-order valence-electron chi connectivity index (χ3n) is 2.90. The van der Waals surface area contributed by atoms with E-state index in [0.29, 0.717) is 12.4 Å². The highest BCUT2D eigenvalue weighted by Crippen LogP contribution is 2.18. The van der Waals surface area contributed by atoms with E-state index in [1.54, 1.807) is 6.20 Å². The van der Waals surface area contributed by atoms with Gasteiger partial charge in [-0.2, -0.15) is 0 Å². The van der Waals surface area contributed by atoms with Crippen LogP contribution in [0.2, 0.25) is 0 Å². The summed E-state index contributed by atoms with van der Waals surface area (Å²) in [4.78, 5) is 8.87. The zero-order chi connectivity index (χ0) is 12.4. The number of nitrogens with zero attached hydrogens (tertiary/aromatic N) is 3. The molecule has 0 aliphatic rings. The summed E-state index contributed by atoms with van der Waals surface area (Å²) in [7, 11) is 0. The molecule has 3 rings (SSSR count). The maximum atomic E-state index is 5.97. The summed E-state index contributed by atoms with van der Waals surface area (Å²) in [6.07, 6.45) is 1.80. The van der Waals surface area contributed by atoms with Gasteiger partial charge in [-0.15, -0.1) is 11.6 Å². The largest absolute Gasteiger partial charge is 0.321 e. The van der Waals surface area contributed by atoms with Crippen molar-refractivity contribution in [3.05, 3.63) is 60.2 Å². The summed E-state index contributed by atoms with van der Waals surface area (Å²) >= 11 is 5.97. The van der Waals surface area contributed by atoms with Crippen molar-refractivity contribution in [2.75, 3.05) is 0 Å². The van der Waals surface area contributed by atoms with Gasteiger partial charge in [-0.3, -0.25) is 4.98 Å². The highest BCUT2D eigenvalue weighted by Gasteiger charge is 2.09. The Labute approximate surface area is 110 Å². The molecule has 0 fully saturated rings. The van der Waals surface area contributed by atoms with E-state index < -0.39 is 0 Å². The van der Waals surface area contributed by atoms with Gasteiger partial charge in [0.05, 0.1) is 29.2 Å². The van der Waals surface area contributed by atoms with Crippen LogP contribution < -0.4 is 0 Å². The number of halogens is 1. The van der Waals surface area contributed by atoms with Gasteiger partial charge in [0.25, 0.3) is 0 Å². The van der Waals surface area contributed by atoms with Crippen LogP contribution in [0.5, 0.6) is 0 Å². The Morgan fingerprint density at radius 1 is 1.06 bits per heavy atom. The van der Waals surface area contributed by atoms with Crippen LogP contribution in [0.4, 0.5) is 0 Å². The lowest BCUT2D eigenvalue weighted by molar-refractivity contribution is 0.758. The Balaban J connectivity index is 2.10. The minimum Gasteiger partial charge on any atom is -0.321 e. The minimum absolute atomic E-state index is 0.404. The quantitative estimate of drug-likeness (QED) is 0.675. The van der Waals surface area contributed by atoms with Gasteiger partial charge in [0.1, 0.15) is 5.82 Å². The number of benzene rings is 1. The van der Waals surface area contributed by atoms with E-state index in [9.17, 15) is 0 Å². The second kappa shape index (κ2) is 4.78. The summed E-state index contributed by atoms with van der Waals surface area (Å²) in [6.45, 7) is 0.698. The van der Waals surface area contributed by atoms with Crippen molar-refractivity contribution in [1.29, 1.82) is 0 Å². The topological polar surface area (TPSA) is 30.7 Å². The van der Waals surface area contributed by atoms with Gasteiger partial charge in [-0.05, 0) is 24.3 Å². The van der Waals surface area contributed by atoms with Crippen molar-refractivity contribution in [1.82, 2.24) is 14.5 Å². The lowest BCUT2D eigenvalue weighted by Gasteiger charge is -2.06. The molecule has 0 saturated heterocycles. The van der Waals surface area contributed by atoms with E-state index in [1.807, 2.05) is 36.4 Å². The Hall–Kier alpha value is -1.87. The number of alkyl halides is 1. The van der Waals surface area contributed by atoms with E-state index >= 15 is 0 Å². The van der Waals surface area contributed by atoms with Gasteiger partial charge in [0.15, 0.2) is 0 Å². The Kier molecular flexibility index (Phi) is 2.99. The van der Waals surface area contributed by atoms with Crippen molar-refractivity contribution in [3.8, 4) is 0 Å². The van der Waals surface area contributed by atoms with Crippen LogP contribution >= 0.6 is 11.6 Å². The van der Waals surface area contributed by atoms with Crippen LogP contribution in [0.3, 0.4) is 0 Å². The smallest absolute Gasteiger partial charge is 0.125 e. The van der Waals surface area contributed by atoms with E-state index in [4.69, 9.17) is 11.6 Å². The average Bonchev–Trinajstić information content (AvgIpc) is 2.78. The molecule has 0 bridgehead atoms. The van der Waals surface area contributed by atoms with Crippen molar-refractivity contribution in [2.24, 2.45) is 0 Å². The molecule has 2 aromatic heterocycles. The predicted octanol–water partition coefficient (Wildman–Crippen LogP) is 3.22. The Morgan fingerprint density at radius 3 is 2.67 bits per heavy atom. The van der Waals surface area contributed by atoms with Crippen molar-refractivity contribution >= 4 is 22.6 Å². The molecule has 3 aromatic rings. The Morgan fingerprint density at radius 2 is 1.89 bits per heavy atom. The number of imidazole rings is 1. The molecule has 0 saturated carbocycles. The molecule has 0 aliphatic carbocycles. The van der Waals surface area contributed by atoms with Crippen LogP contribution in [0, 0.1) is 0 Å². The monoisotopic (exact) mass is 257 g/mol.